The molecule has 1 heterocycles. The van der Waals surface area contributed by atoms with Crippen molar-refractivity contribution in [2.24, 2.45) is 11.3 Å². The number of fused-ring (bicyclic) bond motifs is 1. The van der Waals surface area contributed by atoms with Gasteiger partial charge in [-0.15, -0.1) is 0 Å². The van der Waals surface area contributed by atoms with Crippen molar-refractivity contribution in [3.8, 4) is 12.1 Å². The Morgan fingerprint density at radius 2 is 2.04 bits per heavy atom. The first-order valence-corrected chi connectivity index (χ1v) is 8.18. The van der Waals surface area contributed by atoms with Gasteiger partial charge in [-0.05, 0) is 24.0 Å². The maximum Gasteiger partial charge on any atom is 0.308 e. The second-order valence-corrected chi connectivity index (χ2v) is 6.37. The molecule has 1 aromatic rings. The van der Waals surface area contributed by atoms with Gasteiger partial charge in [0, 0.05) is 6.42 Å². The van der Waals surface area contributed by atoms with Crippen LogP contribution in [0.3, 0.4) is 0 Å². The highest BCUT2D eigenvalue weighted by Crippen LogP contribution is 2.42. The highest BCUT2D eigenvalue weighted by atomic mass is 16.5. The Morgan fingerprint density at radius 1 is 1.38 bits per heavy atom. The minimum absolute atomic E-state index is 0.105. The second-order valence-electron chi connectivity index (χ2n) is 6.37. The molecule has 24 heavy (non-hydrogen) atoms. The summed E-state index contributed by atoms with van der Waals surface area (Å²) in [5.41, 5.74) is 0.492. The zero-order valence-corrected chi connectivity index (χ0v) is 14.3. The van der Waals surface area contributed by atoms with Crippen molar-refractivity contribution in [3.63, 3.8) is 0 Å². The third kappa shape index (κ3) is 3.42. The van der Waals surface area contributed by atoms with Crippen LogP contribution in [0.2, 0.25) is 0 Å². The number of nitriles is 2. The summed E-state index contributed by atoms with van der Waals surface area (Å²) in [5.74, 6) is -0.310. The number of hydrogen-bond acceptors (Lipinski definition) is 5. The molecule has 2 atom stereocenters. The molecule has 0 radical (unpaired) electrons. The molecule has 0 spiro atoms. The molecule has 1 aliphatic rings. The number of hydrogen-bond donors (Lipinski definition) is 0. The van der Waals surface area contributed by atoms with Crippen molar-refractivity contribution in [2.45, 2.75) is 45.8 Å². The normalized spacial score (nSPS) is 21.9. The third-order valence-electron chi connectivity index (χ3n) is 4.35. The maximum atomic E-state index is 12.0. The molecule has 0 aromatic heterocycles. The van der Waals surface area contributed by atoms with Gasteiger partial charge in [0.05, 0.1) is 31.3 Å². The summed E-state index contributed by atoms with van der Waals surface area (Å²) in [6.45, 7) is 6.02. The van der Waals surface area contributed by atoms with E-state index in [-0.39, 0.29) is 31.5 Å². The van der Waals surface area contributed by atoms with Crippen LogP contribution in [-0.2, 0) is 20.7 Å². The standard InChI is InChI=1S/C19H22N2O3/c1-4-23-17(22)9-16-19(11-20,12-21)10-14-7-5-6-8-15(14)18(24-16)13(2)3/h5-8,13,16,18H,4,9-10H2,1-3H3/t16-,18+/m1/s1. The molecule has 126 valence electrons. The monoisotopic (exact) mass is 326 g/mol. The van der Waals surface area contributed by atoms with Gasteiger partial charge >= 0.3 is 5.97 Å². The predicted octanol–water partition coefficient (Wildman–Crippen LogP) is 3.31. The average Bonchev–Trinajstić information content (AvgIpc) is 2.70. The molecule has 0 saturated carbocycles. The lowest BCUT2D eigenvalue weighted by Crippen LogP contribution is -2.38. The summed E-state index contributed by atoms with van der Waals surface area (Å²) in [5, 5.41) is 19.5. The van der Waals surface area contributed by atoms with Crippen LogP contribution in [0.1, 0.15) is 44.4 Å². The highest BCUT2D eigenvalue weighted by Gasteiger charge is 2.47. The van der Waals surface area contributed by atoms with Gasteiger partial charge in [0.1, 0.15) is 6.10 Å². The van der Waals surface area contributed by atoms with E-state index in [0.29, 0.717) is 0 Å². The molecule has 0 bridgehead atoms. The lowest BCUT2D eigenvalue weighted by molar-refractivity contribution is -0.150. The van der Waals surface area contributed by atoms with Gasteiger partial charge in [-0.3, -0.25) is 4.79 Å². The molecule has 1 aliphatic heterocycles. The fourth-order valence-corrected chi connectivity index (χ4v) is 3.11. The van der Waals surface area contributed by atoms with Gasteiger partial charge in [-0.2, -0.15) is 10.5 Å². The lowest BCUT2D eigenvalue weighted by atomic mass is 9.77. The summed E-state index contributed by atoms with van der Waals surface area (Å²) in [6.07, 6.45) is -0.967. The molecule has 0 unspecified atom stereocenters. The topological polar surface area (TPSA) is 83.1 Å². The number of nitrogens with zero attached hydrogens (tertiary/aromatic N) is 2. The SMILES string of the molecule is CCOC(=O)C[C@H]1O[C@@H](C(C)C)c2ccccc2CC1(C#N)C#N. The molecular formula is C19H22N2O3. The molecule has 0 N–H and O–H groups in total. The summed E-state index contributed by atoms with van der Waals surface area (Å²) in [6, 6.07) is 11.9. The van der Waals surface area contributed by atoms with Crippen LogP contribution in [0.4, 0.5) is 0 Å². The molecular weight excluding hydrogens is 304 g/mol. The van der Waals surface area contributed by atoms with Crippen LogP contribution < -0.4 is 0 Å². The predicted molar refractivity (Wildman–Crippen MR) is 87.5 cm³/mol. The summed E-state index contributed by atoms with van der Waals surface area (Å²) >= 11 is 0. The molecule has 0 saturated heterocycles. The van der Waals surface area contributed by atoms with Crippen molar-refractivity contribution in [1.29, 1.82) is 10.5 Å². The van der Waals surface area contributed by atoms with E-state index in [1.165, 1.54) is 0 Å². The van der Waals surface area contributed by atoms with Crippen molar-refractivity contribution in [2.75, 3.05) is 6.61 Å². The van der Waals surface area contributed by atoms with E-state index >= 15 is 0 Å². The van der Waals surface area contributed by atoms with Gasteiger partial charge in [0.2, 0.25) is 0 Å². The molecule has 0 amide bonds. The summed E-state index contributed by atoms with van der Waals surface area (Å²) < 4.78 is 11.2. The number of ether oxygens (including phenoxy) is 2. The minimum atomic E-state index is -1.41. The number of esters is 1. The van der Waals surface area contributed by atoms with Gasteiger partial charge in [0.15, 0.2) is 5.41 Å². The van der Waals surface area contributed by atoms with Crippen LogP contribution in [-0.4, -0.2) is 18.7 Å². The minimum Gasteiger partial charge on any atom is -0.466 e. The van der Waals surface area contributed by atoms with E-state index in [2.05, 4.69) is 12.1 Å². The van der Waals surface area contributed by atoms with E-state index in [9.17, 15) is 15.3 Å². The quantitative estimate of drug-likeness (QED) is 0.793. The van der Waals surface area contributed by atoms with Crippen molar-refractivity contribution >= 4 is 5.97 Å². The Morgan fingerprint density at radius 3 is 2.62 bits per heavy atom. The van der Waals surface area contributed by atoms with Crippen LogP contribution in [0, 0.1) is 34.0 Å². The molecule has 2 rings (SSSR count). The van der Waals surface area contributed by atoms with E-state index < -0.39 is 17.5 Å². The van der Waals surface area contributed by atoms with Crippen molar-refractivity contribution in [3.05, 3.63) is 35.4 Å². The van der Waals surface area contributed by atoms with Crippen LogP contribution >= 0.6 is 0 Å². The fraction of sp³-hybridized carbons (Fsp3) is 0.526. The van der Waals surface area contributed by atoms with Gasteiger partial charge < -0.3 is 9.47 Å². The number of carbonyl (C=O) groups is 1. The first kappa shape index (κ1) is 18.0. The number of carbonyl (C=O) groups excluding carboxylic acids is 1. The fourth-order valence-electron chi connectivity index (χ4n) is 3.11. The second kappa shape index (κ2) is 7.47. The average molecular weight is 326 g/mol. The van der Waals surface area contributed by atoms with Crippen LogP contribution in [0.5, 0.6) is 0 Å². The molecule has 5 heteroatoms. The summed E-state index contributed by atoms with van der Waals surface area (Å²) in [4.78, 5) is 12.0. The Labute approximate surface area is 142 Å². The maximum absolute atomic E-state index is 12.0. The van der Waals surface area contributed by atoms with Crippen LogP contribution in [0.15, 0.2) is 24.3 Å². The van der Waals surface area contributed by atoms with Gasteiger partial charge in [0.25, 0.3) is 0 Å². The highest BCUT2D eigenvalue weighted by molar-refractivity contribution is 5.70. The Hall–Kier alpha value is -2.37. The first-order chi connectivity index (χ1) is 11.5. The largest absolute Gasteiger partial charge is 0.466 e. The van der Waals surface area contributed by atoms with Gasteiger partial charge in [-0.25, -0.2) is 0 Å². The first-order valence-electron chi connectivity index (χ1n) is 8.18. The number of rotatable bonds is 4. The third-order valence-corrected chi connectivity index (χ3v) is 4.35. The van der Waals surface area contributed by atoms with E-state index in [4.69, 9.17) is 9.47 Å². The summed E-state index contributed by atoms with van der Waals surface area (Å²) in [7, 11) is 0. The van der Waals surface area contributed by atoms with E-state index in [1.54, 1.807) is 6.92 Å². The molecule has 5 nitrogen and oxygen atoms in total. The smallest absolute Gasteiger partial charge is 0.308 e. The van der Waals surface area contributed by atoms with E-state index in [0.717, 1.165) is 11.1 Å². The van der Waals surface area contributed by atoms with Crippen LogP contribution in [0.25, 0.3) is 0 Å². The Balaban J connectivity index is 2.49. The number of benzene rings is 1. The molecule has 0 aliphatic carbocycles. The van der Waals surface area contributed by atoms with E-state index in [1.807, 2.05) is 38.1 Å². The zero-order valence-electron chi connectivity index (χ0n) is 14.3. The molecule has 0 fully saturated rings. The van der Waals surface area contributed by atoms with Crippen molar-refractivity contribution in [1.82, 2.24) is 0 Å². The zero-order chi connectivity index (χ0) is 17.7. The lowest BCUT2D eigenvalue weighted by Gasteiger charge is -2.30. The molecule has 1 aromatic carbocycles. The van der Waals surface area contributed by atoms with Crippen molar-refractivity contribution < 1.29 is 14.3 Å². The Bertz CT molecular complexity index is 671. The van der Waals surface area contributed by atoms with Gasteiger partial charge in [-0.1, -0.05) is 38.1 Å². The Kier molecular flexibility index (Phi) is 5.59.